The predicted molar refractivity (Wildman–Crippen MR) is 120 cm³/mol. The molecule has 1 aliphatic heterocycles. The van der Waals surface area contributed by atoms with E-state index in [1.165, 1.54) is 4.70 Å². The van der Waals surface area contributed by atoms with Crippen LogP contribution in [-0.2, 0) is 16.6 Å². The van der Waals surface area contributed by atoms with E-state index in [-0.39, 0.29) is 5.91 Å². The number of likely N-dealkylation sites (N-methyl/N-ethyl adjacent to an activating group) is 1. The van der Waals surface area contributed by atoms with Crippen molar-refractivity contribution >= 4 is 27.5 Å². The van der Waals surface area contributed by atoms with E-state index in [9.17, 15) is 4.79 Å². The number of rotatable bonds is 5. The van der Waals surface area contributed by atoms with Gasteiger partial charge in [-0.2, -0.15) is 0 Å². The molecule has 1 amide bonds. The Bertz CT molecular complexity index is 951. The highest BCUT2D eigenvalue weighted by Gasteiger charge is 2.41. The van der Waals surface area contributed by atoms with Crippen molar-refractivity contribution in [1.29, 1.82) is 0 Å². The first-order valence-corrected chi connectivity index (χ1v) is 11.1. The number of fused-ring (bicyclic) bond motifs is 1. The fourth-order valence-corrected chi connectivity index (χ4v) is 5.44. The Kier molecular flexibility index (Phi) is 5.70. The molecule has 1 aliphatic rings. The van der Waals surface area contributed by atoms with Gasteiger partial charge in [0.05, 0.1) is 20.6 Å². The van der Waals surface area contributed by atoms with E-state index in [1.54, 1.807) is 11.3 Å². The SMILES string of the molecule is CN(C)C1CCCN(C(=O)C(C)(Cc2nc3ccccc3s2)c2ccccc2)C1. The third-order valence-electron chi connectivity index (χ3n) is 6.14. The molecule has 1 aromatic heterocycles. The van der Waals surface area contributed by atoms with Crippen LogP contribution in [0.25, 0.3) is 10.2 Å². The second-order valence-electron chi connectivity index (χ2n) is 8.46. The number of carbonyl (C=O) groups excluding carboxylic acids is 1. The zero-order chi connectivity index (χ0) is 20.4. The van der Waals surface area contributed by atoms with Crippen LogP contribution in [0.1, 0.15) is 30.3 Å². The number of amides is 1. The fraction of sp³-hybridized carbons (Fsp3) is 0.417. The average Bonchev–Trinajstić information content (AvgIpc) is 3.16. The maximum Gasteiger partial charge on any atom is 0.233 e. The number of para-hydroxylation sites is 1. The Balaban J connectivity index is 1.68. The molecule has 4 rings (SSSR count). The maximum absolute atomic E-state index is 13.9. The Hall–Kier alpha value is -2.24. The van der Waals surface area contributed by atoms with Gasteiger partial charge in [0, 0.05) is 25.6 Å². The number of carbonyl (C=O) groups is 1. The minimum absolute atomic E-state index is 0.217. The Morgan fingerprint density at radius 3 is 2.62 bits per heavy atom. The first kappa shape index (κ1) is 20.0. The van der Waals surface area contributed by atoms with Crippen LogP contribution in [0, 0.1) is 0 Å². The molecule has 2 heterocycles. The summed E-state index contributed by atoms with van der Waals surface area (Å²) >= 11 is 1.70. The second-order valence-corrected chi connectivity index (χ2v) is 9.58. The molecule has 2 aromatic carbocycles. The molecule has 0 spiro atoms. The maximum atomic E-state index is 13.9. The highest BCUT2D eigenvalue weighted by atomic mass is 32.1. The lowest BCUT2D eigenvalue weighted by atomic mass is 9.77. The molecule has 5 heteroatoms. The van der Waals surface area contributed by atoms with Crippen LogP contribution in [0.2, 0.25) is 0 Å². The average molecular weight is 408 g/mol. The van der Waals surface area contributed by atoms with Crippen molar-refractivity contribution in [1.82, 2.24) is 14.8 Å². The predicted octanol–water partition coefficient (Wildman–Crippen LogP) is 4.35. The summed E-state index contributed by atoms with van der Waals surface area (Å²) in [6.45, 7) is 3.73. The van der Waals surface area contributed by atoms with E-state index in [0.717, 1.165) is 42.0 Å². The molecule has 0 saturated carbocycles. The molecule has 0 aliphatic carbocycles. The minimum Gasteiger partial charge on any atom is -0.340 e. The molecular formula is C24H29N3OS. The summed E-state index contributed by atoms with van der Waals surface area (Å²) in [5.74, 6) is 0.217. The molecule has 4 nitrogen and oxygen atoms in total. The number of hydrogen-bond donors (Lipinski definition) is 0. The van der Waals surface area contributed by atoms with Crippen molar-refractivity contribution in [3.63, 3.8) is 0 Å². The molecule has 2 atom stereocenters. The van der Waals surface area contributed by atoms with Crippen LogP contribution in [-0.4, -0.2) is 53.9 Å². The second kappa shape index (κ2) is 8.25. The number of hydrogen-bond acceptors (Lipinski definition) is 4. The summed E-state index contributed by atoms with van der Waals surface area (Å²) in [5.41, 5.74) is 1.46. The summed E-state index contributed by atoms with van der Waals surface area (Å²) in [5, 5.41) is 1.02. The number of piperidine rings is 1. The molecule has 0 radical (unpaired) electrons. The topological polar surface area (TPSA) is 36.4 Å². The Morgan fingerprint density at radius 2 is 1.90 bits per heavy atom. The highest BCUT2D eigenvalue weighted by molar-refractivity contribution is 7.18. The van der Waals surface area contributed by atoms with Crippen molar-refractivity contribution in [2.24, 2.45) is 0 Å². The first-order chi connectivity index (χ1) is 14.0. The van der Waals surface area contributed by atoms with Crippen molar-refractivity contribution in [2.45, 2.75) is 37.6 Å². The minimum atomic E-state index is -0.622. The lowest BCUT2D eigenvalue weighted by molar-refractivity contribution is -0.139. The van der Waals surface area contributed by atoms with Crippen LogP contribution in [0.4, 0.5) is 0 Å². The van der Waals surface area contributed by atoms with Gasteiger partial charge < -0.3 is 9.80 Å². The Labute approximate surface area is 177 Å². The van der Waals surface area contributed by atoms with Gasteiger partial charge >= 0.3 is 0 Å². The molecule has 152 valence electrons. The molecule has 1 saturated heterocycles. The summed E-state index contributed by atoms with van der Waals surface area (Å²) in [6.07, 6.45) is 2.83. The summed E-state index contributed by atoms with van der Waals surface area (Å²) in [4.78, 5) is 23.0. The van der Waals surface area contributed by atoms with E-state index >= 15 is 0 Å². The Morgan fingerprint density at radius 1 is 1.17 bits per heavy atom. The molecule has 1 fully saturated rings. The molecule has 3 aromatic rings. The highest BCUT2D eigenvalue weighted by Crippen LogP contribution is 2.34. The van der Waals surface area contributed by atoms with Gasteiger partial charge in [-0.3, -0.25) is 4.79 Å². The van der Waals surface area contributed by atoms with E-state index in [2.05, 4.69) is 49.0 Å². The monoisotopic (exact) mass is 407 g/mol. The quantitative estimate of drug-likeness (QED) is 0.631. The van der Waals surface area contributed by atoms with E-state index in [1.807, 2.05) is 36.4 Å². The van der Waals surface area contributed by atoms with Gasteiger partial charge in [0.1, 0.15) is 0 Å². The van der Waals surface area contributed by atoms with E-state index < -0.39 is 5.41 Å². The first-order valence-electron chi connectivity index (χ1n) is 10.3. The molecule has 2 unspecified atom stereocenters. The van der Waals surface area contributed by atoms with Crippen molar-refractivity contribution in [3.8, 4) is 0 Å². The van der Waals surface area contributed by atoms with Gasteiger partial charge in [-0.05, 0) is 51.6 Å². The number of thiazole rings is 1. The number of benzene rings is 2. The molecule has 29 heavy (non-hydrogen) atoms. The van der Waals surface area contributed by atoms with Gasteiger partial charge in [-0.15, -0.1) is 11.3 Å². The third-order valence-corrected chi connectivity index (χ3v) is 7.18. The smallest absolute Gasteiger partial charge is 0.233 e. The molecular weight excluding hydrogens is 378 g/mol. The van der Waals surface area contributed by atoms with E-state index in [4.69, 9.17) is 4.98 Å². The van der Waals surface area contributed by atoms with Crippen LogP contribution in [0.5, 0.6) is 0 Å². The number of aromatic nitrogens is 1. The van der Waals surface area contributed by atoms with Gasteiger partial charge in [-0.25, -0.2) is 4.98 Å². The van der Waals surface area contributed by atoms with Gasteiger partial charge in [0.15, 0.2) is 0 Å². The normalized spacial score (nSPS) is 19.4. The zero-order valence-electron chi connectivity index (χ0n) is 17.5. The molecule has 0 bridgehead atoms. The van der Waals surface area contributed by atoms with Crippen molar-refractivity contribution < 1.29 is 4.79 Å². The number of nitrogens with zero attached hydrogens (tertiary/aromatic N) is 3. The summed E-state index contributed by atoms with van der Waals surface area (Å²) < 4.78 is 1.18. The van der Waals surface area contributed by atoms with E-state index in [0.29, 0.717) is 12.5 Å². The summed E-state index contributed by atoms with van der Waals surface area (Å²) in [6, 6.07) is 18.9. The van der Waals surface area contributed by atoms with Gasteiger partial charge in [0.2, 0.25) is 5.91 Å². The van der Waals surface area contributed by atoms with Gasteiger partial charge in [0.25, 0.3) is 0 Å². The standard InChI is InChI=1S/C24H29N3OS/c1-24(18-10-5-4-6-11-18,16-22-25-20-13-7-8-14-21(20)29-22)23(28)27-15-9-12-19(17-27)26(2)3/h4-8,10-11,13-14,19H,9,12,15-17H2,1-3H3. The largest absolute Gasteiger partial charge is 0.340 e. The lowest BCUT2D eigenvalue weighted by Gasteiger charge is -2.41. The number of likely N-dealkylation sites (tertiary alicyclic amines) is 1. The third kappa shape index (κ3) is 4.07. The van der Waals surface area contributed by atoms with Crippen LogP contribution in [0.3, 0.4) is 0 Å². The summed E-state index contributed by atoms with van der Waals surface area (Å²) in [7, 11) is 4.21. The van der Waals surface area contributed by atoms with Crippen molar-refractivity contribution in [2.75, 3.05) is 27.2 Å². The van der Waals surface area contributed by atoms with Crippen LogP contribution >= 0.6 is 11.3 Å². The fourth-order valence-electron chi connectivity index (χ4n) is 4.31. The molecule has 0 N–H and O–H groups in total. The lowest BCUT2D eigenvalue weighted by Crippen LogP contribution is -2.53. The van der Waals surface area contributed by atoms with Crippen LogP contribution < -0.4 is 0 Å². The van der Waals surface area contributed by atoms with Gasteiger partial charge in [-0.1, -0.05) is 42.5 Å². The van der Waals surface area contributed by atoms with Crippen molar-refractivity contribution in [3.05, 3.63) is 65.2 Å². The zero-order valence-corrected chi connectivity index (χ0v) is 18.3. The van der Waals surface area contributed by atoms with Crippen LogP contribution in [0.15, 0.2) is 54.6 Å².